The topological polar surface area (TPSA) is 88.0 Å². The Labute approximate surface area is 252 Å². The number of hydrogen-bond acceptors (Lipinski definition) is 8. The molecule has 0 saturated carbocycles. The molecule has 1 aliphatic rings. The Morgan fingerprint density at radius 1 is 0.902 bits per heavy atom. The van der Waals surface area contributed by atoms with Crippen LogP contribution in [0, 0.1) is 0 Å². The van der Waals surface area contributed by atoms with Crippen molar-refractivity contribution in [1.29, 1.82) is 0 Å². The summed E-state index contributed by atoms with van der Waals surface area (Å²) in [4.78, 5) is 9.10. The van der Waals surface area contributed by atoms with Gasteiger partial charge in [0, 0.05) is 61.0 Å². The summed E-state index contributed by atoms with van der Waals surface area (Å²) >= 11 is 18.6. The third-order valence-corrected chi connectivity index (χ3v) is 7.87. The quantitative estimate of drug-likeness (QED) is 0.197. The van der Waals surface area contributed by atoms with Crippen molar-refractivity contribution < 1.29 is 18.8 Å². The lowest BCUT2D eigenvalue weighted by molar-refractivity contribution is 0.0430. The van der Waals surface area contributed by atoms with E-state index < -0.39 is 6.10 Å². The highest BCUT2D eigenvalue weighted by atomic mass is 35.5. The first kappa shape index (κ1) is 28.0. The Bertz CT molecular complexity index is 1610. The second-order valence-corrected chi connectivity index (χ2v) is 11.2. The summed E-state index contributed by atoms with van der Waals surface area (Å²) in [5, 5.41) is 16.5. The molecule has 6 rings (SSSR count). The van der Waals surface area contributed by atoms with E-state index in [2.05, 4.69) is 19.9 Å². The van der Waals surface area contributed by atoms with E-state index in [0.717, 1.165) is 37.5 Å². The summed E-state index contributed by atoms with van der Waals surface area (Å²) in [5.41, 5.74) is 3.50. The minimum Gasteiger partial charge on any atom is -0.491 e. The summed E-state index contributed by atoms with van der Waals surface area (Å²) < 4.78 is 17.3. The van der Waals surface area contributed by atoms with Crippen molar-refractivity contribution in [1.82, 2.24) is 19.9 Å². The number of aromatic nitrogens is 2. The smallest absolute Gasteiger partial charge is 0.227 e. The molecule has 3 aromatic carbocycles. The molecular weight excluding hydrogens is 587 g/mol. The maximum Gasteiger partial charge on any atom is 0.227 e. The van der Waals surface area contributed by atoms with Crippen molar-refractivity contribution in [3.8, 4) is 28.5 Å². The summed E-state index contributed by atoms with van der Waals surface area (Å²) in [6, 6.07) is 20.0. The van der Waals surface area contributed by atoms with Crippen LogP contribution < -0.4 is 4.74 Å². The molecule has 0 aliphatic carbocycles. The molecule has 0 unspecified atom stereocenters. The number of aliphatic hydroxyl groups is 1. The van der Waals surface area contributed by atoms with Crippen LogP contribution in [0.5, 0.6) is 5.75 Å². The number of ether oxygens (including phenoxy) is 1. The van der Waals surface area contributed by atoms with Crippen molar-refractivity contribution in [2.45, 2.75) is 12.6 Å². The number of oxazole rings is 1. The maximum atomic E-state index is 10.6. The van der Waals surface area contributed by atoms with Gasteiger partial charge >= 0.3 is 0 Å². The minimum atomic E-state index is -0.628. The first-order valence-corrected chi connectivity index (χ1v) is 14.4. The van der Waals surface area contributed by atoms with Crippen molar-refractivity contribution >= 4 is 45.9 Å². The first-order chi connectivity index (χ1) is 19.9. The summed E-state index contributed by atoms with van der Waals surface area (Å²) in [6.07, 6.45) is -0.628. The molecule has 1 aliphatic heterocycles. The van der Waals surface area contributed by atoms with Gasteiger partial charge < -0.3 is 18.8 Å². The van der Waals surface area contributed by atoms with Gasteiger partial charge in [-0.05, 0) is 48.5 Å². The Morgan fingerprint density at radius 2 is 1.63 bits per heavy atom. The molecule has 2 aromatic heterocycles. The van der Waals surface area contributed by atoms with Crippen molar-refractivity contribution in [3.05, 3.63) is 87.6 Å². The van der Waals surface area contributed by atoms with Crippen molar-refractivity contribution in [2.24, 2.45) is 0 Å². The van der Waals surface area contributed by atoms with Gasteiger partial charge in [0.1, 0.15) is 29.7 Å². The van der Waals surface area contributed by atoms with Gasteiger partial charge in [-0.15, -0.1) is 0 Å². The van der Waals surface area contributed by atoms with Gasteiger partial charge in [0.2, 0.25) is 5.89 Å². The predicted molar refractivity (Wildman–Crippen MR) is 160 cm³/mol. The minimum absolute atomic E-state index is 0.180. The van der Waals surface area contributed by atoms with Gasteiger partial charge in [-0.25, -0.2) is 4.98 Å². The molecule has 1 N–H and O–H groups in total. The summed E-state index contributed by atoms with van der Waals surface area (Å²) in [6.45, 7) is 4.68. The number of fused-ring (bicyclic) bond motifs is 1. The molecule has 0 bridgehead atoms. The zero-order valence-corrected chi connectivity index (χ0v) is 24.2. The SMILES string of the molecule is O[C@@H](COc1ccc2oc(-c3ccc(Cl)cc3)nc2c1)CN1CCN(Cc2cc(-c3c(Cl)cccc3Cl)no2)CC1. The van der Waals surface area contributed by atoms with Gasteiger partial charge in [0.05, 0.1) is 16.6 Å². The number of aliphatic hydroxyl groups excluding tert-OH is 1. The van der Waals surface area contributed by atoms with Crippen LogP contribution in [-0.2, 0) is 6.54 Å². The number of piperazine rings is 1. The molecule has 0 amide bonds. The molecule has 11 heteroatoms. The molecule has 3 heterocycles. The lowest BCUT2D eigenvalue weighted by Crippen LogP contribution is -2.48. The number of rotatable bonds is 9. The molecule has 0 radical (unpaired) electrons. The molecule has 1 fully saturated rings. The second kappa shape index (κ2) is 12.4. The van der Waals surface area contributed by atoms with Crippen LogP contribution in [0.3, 0.4) is 0 Å². The van der Waals surface area contributed by atoms with Crippen LogP contribution in [0.25, 0.3) is 33.8 Å². The van der Waals surface area contributed by atoms with Gasteiger partial charge in [0.15, 0.2) is 11.3 Å². The average molecular weight is 614 g/mol. The van der Waals surface area contributed by atoms with Crippen molar-refractivity contribution in [2.75, 3.05) is 39.3 Å². The Kier molecular flexibility index (Phi) is 8.48. The van der Waals surface area contributed by atoms with E-state index in [4.69, 9.17) is 48.5 Å². The fraction of sp³-hybridized carbons (Fsp3) is 0.267. The highest BCUT2D eigenvalue weighted by Crippen LogP contribution is 2.34. The van der Waals surface area contributed by atoms with Crippen LogP contribution in [0.1, 0.15) is 5.76 Å². The van der Waals surface area contributed by atoms with E-state index in [1.807, 2.05) is 36.4 Å². The predicted octanol–water partition coefficient (Wildman–Crippen LogP) is 6.67. The Morgan fingerprint density at radius 3 is 2.39 bits per heavy atom. The number of hydrogen-bond donors (Lipinski definition) is 1. The second-order valence-electron chi connectivity index (χ2n) is 9.97. The van der Waals surface area contributed by atoms with Crippen LogP contribution in [0.4, 0.5) is 0 Å². The molecule has 0 spiro atoms. The van der Waals surface area contributed by atoms with E-state index in [1.54, 1.807) is 30.3 Å². The molecule has 1 saturated heterocycles. The third-order valence-electron chi connectivity index (χ3n) is 6.98. The number of benzene rings is 3. The zero-order chi connectivity index (χ0) is 28.3. The highest BCUT2D eigenvalue weighted by Gasteiger charge is 2.22. The van der Waals surface area contributed by atoms with Crippen molar-refractivity contribution in [3.63, 3.8) is 0 Å². The van der Waals surface area contributed by atoms with Gasteiger partial charge in [-0.1, -0.05) is 46.0 Å². The van der Waals surface area contributed by atoms with Gasteiger partial charge in [0.25, 0.3) is 0 Å². The molecule has 41 heavy (non-hydrogen) atoms. The van der Waals surface area contributed by atoms with E-state index in [-0.39, 0.29) is 6.61 Å². The fourth-order valence-electron chi connectivity index (χ4n) is 4.85. The largest absolute Gasteiger partial charge is 0.491 e. The van der Waals surface area contributed by atoms with E-state index >= 15 is 0 Å². The maximum absolute atomic E-state index is 10.6. The van der Waals surface area contributed by atoms with Crippen LogP contribution >= 0.6 is 34.8 Å². The number of nitrogens with zero attached hydrogens (tertiary/aromatic N) is 4. The van der Waals surface area contributed by atoms with Crippen LogP contribution in [0.15, 0.2) is 75.7 Å². The van der Waals surface area contributed by atoms with E-state index in [1.165, 1.54) is 0 Å². The lowest BCUT2D eigenvalue weighted by Gasteiger charge is -2.35. The molecular formula is C30H27Cl3N4O4. The zero-order valence-electron chi connectivity index (χ0n) is 22.0. The molecule has 8 nitrogen and oxygen atoms in total. The van der Waals surface area contributed by atoms with Crippen LogP contribution in [0.2, 0.25) is 15.1 Å². The normalized spacial score (nSPS) is 15.4. The monoisotopic (exact) mass is 612 g/mol. The van der Waals surface area contributed by atoms with E-state index in [9.17, 15) is 5.11 Å². The Balaban J connectivity index is 0.968. The number of β-amino-alcohol motifs (C(OH)–C–C–N with tert-alkyl or cyclic N) is 1. The summed E-state index contributed by atoms with van der Waals surface area (Å²) in [5.74, 6) is 1.89. The average Bonchev–Trinajstić information content (AvgIpc) is 3.60. The third kappa shape index (κ3) is 6.70. The highest BCUT2D eigenvalue weighted by molar-refractivity contribution is 6.39. The standard InChI is InChI=1S/C30H27Cl3N4O4/c31-20-6-4-19(5-7-20)30-34-26-14-22(8-9-28(26)40-30)39-18-21(38)16-36-10-12-37(13-11-36)17-23-15-27(35-41-23)29-24(32)2-1-3-25(29)33/h1-9,14-15,21,38H,10-13,16-18H2/t21-/m1/s1. The lowest BCUT2D eigenvalue weighted by atomic mass is 10.1. The Hall–Kier alpha value is -3.11. The van der Waals surface area contributed by atoms with Gasteiger partial charge in [-0.3, -0.25) is 9.80 Å². The molecule has 1 atom stereocenters. The summed E-state index contributed by atoms with van der Waals surface area (Å²) in [7, 11) is 0. The molecule has 212 valence electrons. The first-order valence-electron chi connectivity index (χ1n) is 13.2. The number of halogens is 3. The van der Waals surface area contributed by atoms with E-state index in [0.29, 0.717) is 62.2 Å². The fourth-order valence-corrected chi connectivity index (χ4v) is 5.57. The molecule has 5 aromatic rings. The van der Waals surface area contributed by atoms with Crippen LogP contribution in [-0.4, -0.2) is 70.5 Å². The van der Waals surface area contributed by atoms with Gasteiger partial charge in [-0.2, -0.15) is 0 Å².